The average molecular weight is 401 g/mol. The first-order valence-corrected chi connectivity index (χ1v) is 8.48. The van der Waals surface area contributed by atoms with Gasteiger partial charge in [0.1, 0.15) is 6.04 Å². The highest BCUT2D eigenvalue weighted by Crippen LogP contribution is 2.35. The van der Waals surface area contributed by atoms with Crippen molar-refractivity contribution in [1.29, 1.82) is 0 Å². The lowest BCUT2D eigenvalue weighted by Crippen LogP contribution is -2.20. The maximum atomic E-state index is 13.2. The number of hydrogen-bond donors (Lipinski definition) is 1. The van der Waals surface area contributed by atoms with Gasteiger partial charge < -0.3 is 10.1 Å². The van der Waals surface area contributed by atoms with E-state index in [-0.39, 0.29) is 5.95 Å². The molecule has 1 aromatic carbocycles. The lowest BCUT2D eigenvalue weighted by molar-refractivity contribution is -0.145. The Labute approximate surface area is 162 Å². The van der Waals surface area contributed by atoms with Gasteiger partial charge in [-0.1, -0.05) is 12.1 Å². The molecule has 3 aromatic rings. The molecule has 2 aromatic heterocycles. The summed E-state index contributed by atoms with van der Waals surface area (Å²) in [7, 11) is 1.27. The second kappa shape index (κ2) is 7.04. The number of carbonyl (C=O) groups excluding carboxylic acids is 1. The minimum Gasteiger partial charge on any atom is -0.465 e. The van der Waals surface area contributed by atoms with Gasteiger partial charge in [-0.15, -0.1) is 5.10 Å². The van der Waals surface area contributed by atoms with Crippen LogP contribution in [-0.4, -0.2) is 32.8 Å². The molecule has 7 nitrogen and oxygen atoms in total. The highest BCUT2D eigenvalue weighted by Gasteiger charge is 2.39. The van der Waals surface area contributed by atoms with Gasteiger partial charge in [0.15, 0.2) is 0 Å². The van der Waals surface area contributed by atoms with Gasteiger partial charge in [0, 0.05) is 23.7 Å². The van der Waals surface area contributed by atoms with Crippen LogP contribution in [0.25, 0.3) is 5.70 Å². The Morgan fingerprint density at radius 2 is 1.97 bits per heavy atom. The van der Waals surface area contributed by atoms with Crippen molar-refractivity contribution in [2.24, 2.45) is 0 Å². The predicted octanol–water partition coefficient (Wildman–Crippen LogP) is 3.53. The summed E-state index contributed by atoms with van der Waals surface area (Å²) in [5, 5.41) is 6.53. The number of anilines is 1. The summed E-state index contributed by atoms with van der Waals surface area (Å²) < 4.78 is 45.3. The van der Waals surface area contributed by atoms with Crippen molar-refractivity contribution < 1.29 is 22.7 Å². The molecule has 1 aliphatic heterocycles. The maximum Gasteiger partial charge on any atom is 0.453 e. The number of aromatic nitrogens is 4. The normalized spacial score (nSPS) is 15.9. The van der Waals surface area contributed by atoms with Crippen LogP contribution in [0, 0.1) is 0 Å². The number of fused-ring (bicyclic) bond motifs is 1. The van der Waals surface area contributed by atoms with E-state index in [4.69, 9.17) is 0 Å². The van der Waals surface area contributed by atoms with E-state index >= 15 is 0 Å². The monoisotopic (exact) mass is 401 g/mol. The third-order valence-electron chi connectivity index (χ3n) is 4.37. The number of carbonyl (C=O) groups is 1. The molecular formula is C19H14F3N5O2. The van der Waals surface area contributed by atoms with Crippen molar-refractivity contribution in [2.45, 2.75) is 12.2 Å². The molecule has 10 heteroatoms. The molecule has 0 fully saturated rings. The molecule has 1 N–H and O–H groups in total. The van der Waals surface area contributed by atoms with Crippen LogP contribution in [-0.2, 0) is 10.9 Å². The molecule has 3 heterocycles. The number of allylic oxidation sites excluding steroid dienone is 1. The van der Waals surface area contributed by atoms with E-state index < -0.39 is 24.0 Å². The van der Waals surface area contributed by atoms with Crippen LogP contribution < -0.4 is 5.32 Å². The van der Waals surface area contributed by atoms with Crippen LogP contribution >= 0.6 is 0 Å². The molecule has 0 amide bonds. The topological polar surface area (TPSA) is 81.9 Å². The fraction of sp³-hybridized carbons (Fsp3) is 0.158. The quantitative estimate of drug-likeness (QED) is 0.676. The number of alkyl halides is 3. The average Bonchev–Trinajstić information content (AvgIpc) is 3.18. The van der Waals surface area contributed by atoms with Gasteiger partial charge in [0.2, 0.25) is 5.95 Å². The van der Waals surface area contributed by atoms with E-state index in [1.165, 1.54) is 7.11 Å². The minimum atomic E-state index is -4.68. The van der Waals surface area contributed by atoms with Gasteiger partial charge in [-0.2, -0.15) is 18.2 Å². The van der Waals surface area contributed by atoms with Crippen LogP contribution in [0.4, 0.5) is 19.1 Å². The van der Waals surface area contributed by atoms with E-state index in [1.54, 1.807) is 54.9 Å². The second-order valence-corrected chi connectivity index (χ2v) is 6.21. The number of pyridine rings is 1. The Bertz CT molecular complexity index is 1080. The molecule has 4 rings (SSSR count). The lowest BCUT2D eigenvalue weighted by Gasteiger charge is -2.24. The molecule has 0 radical (unpaired) electrons. The van der Waals surface area contributed by atoms with Crippen LogP contribution in [0.3, 0.4) is 0 Å². The van der Waals surface area contributed by atoms with Crippen LogP contribution in [0.2, 0.25) is 0 Å². The highest BCUT2D eigenvalue weighted by molar-refractivity contribution is 5.89. The van der Waals surface area contributed by atoms with Gasteiger partial charge in [-0.05, 0) is 35.9 Å². The zero-order chi connectivity index (χ0) is 20.6. The lowest BCUT2D eigenvalue weighted by atomic mass is 10.0. The Morgan fingerprint density at radius 1 is 1.21 bits per heavy atom. The van der Waals surface area contributed by atoms with E-state index in [1.807, 2.05) is 0 Å². The Hall–Kier alpha value is -3.69. The van der Waals surface area contributed by atoms with E-state index in [9.17, 15) is 18.0 Å². The third-order valence-corrected chi connectivity index (χ3v) is 4.37. The van der Waals surface area contributed by atoms with Gasteiger partial charge in [-0.25, -0.2) is 9.48 Å². The molecular weight excluding hydrogens is 387 g/mol. The molecule has 0 aliphatic carbocycles. The Kier molecular flexibility index (Phi) is 4.53. The molecule has 1 aliphatic rings. The van der Waals surface area contributed by atoms with Crippen LogP contribution in [0.15, 0.2) is 54.9 Å². The Morgan fingerprint density at radius 3 is 2.59 bits per heavy atom. The van der Waals surface area contributed by atoms with Crippen LogP contribution in [0.5, 0.6) is 0 Å². The first-order valence-electron chi connectivity index (χ1n) is 8.48. The van der Waals surface area contributed by atoms with Gasteiger partial charge in [0.25, 0.3) is 5.82 Å². The highest BCUT2D eigenvalue weighted by atomic mass is 19.4. The van der Waals surface area contributed by atoms with Gasteiger partial charge >= 0.3 is 12.1 Å². The fourth-order valence-corrected chi connectivity index (χ4v) is 2.98. The van der Waals surface area contributed by atoms with Gasteiger partial charge in [-0.3, -0.25) is 4.98 Å². The SMILES string of the molecule is COC(=O)c1ccc([C@@H]2C=C(c3cccnc3)Nc3nc(C(F)(F)F)nn32)cc1. The number of methoxy groups -OCH3 is 1. The van der Waals surface area contributed by atoms with Crippen molar-refractivity contribution in [3.05, 3.63) is 77.4 Å². The molecule has 0 unspecified atom stereocenters. The molecule has 0 spiro atoms. The largest absolute Gasteiger partial charge is 0.465 e. The maximum absolute atomic E-state index is 13.2. The van der Waals surface area contributed by atoms with Crippen molar-refractivity contribution >= 4 is 17.6 Å². The predicted molar refractivity (Wildman–Crippen MR) is 96.8 cm³/mol. The molecule has 148 valence electrons. The number of hydrogen-bond acceptors (Lipinski definition) is 6. The minimum absolute atomic E-state index is 0.0410. The van der Waals surface area contributed by atoms with E-state index in [2.05, 4.69) is 25.1 Å². The fourth-order valence-electron chi connectivity index (χ4n) is 2.98. The molecule has 29 heavy (non-hydrogen) atoms. The van der Waals surface area contributed by atoms with Crippen molar-refractivity contribution in [1.82, 2.24) is 19.7 Å². The van der Waals surface area contributed by atoms with E-state index in [0.29, 0.717) is 22.4 Å². The summed E-state index contributed by atoms with van der Waals surface area (Å²) in [4.78, 5) is 19.3. The molecule has 1 atom stereocenters. The summed E-state index contributed by atoms with van der Waals surface area (Å²) in [5.74, 6) is -1.79. The van der Waals surface area contributed by atoms with Gasteiger partial charge in [0.05, 0.1) is 12.7 Å². The Balaban J connectivity index is 1.80. The standard InChI is InChI=1S/C19H14F3N5O2/c1-29-16(28)12-6-4-11(5-7-12)15-9-14(13-3-2-8-23-10-13)24-18-25-17(19(20,21)22)26-27(15)18/h2-10,15H,1H3,(H,24,25,26)/t15-/m0/s1. The third kappa shape index (κ3) is 3.56. The first kappa shape index (κ1) is 18.7. The molecule has 0 saturated heterocycles. The number of nitrogens with one attached hydrogen (secondary N) is 1. The molecule has 0 bridgehead atoms. The number of ether oxygens (including phenoxy) is 1. The smallest absolute Gasteiger partial charge is 0.453 e. The second-order valence-electron chi connectivity index (χ2n) is 6.21. The van der Waals surface area contributed by atoms with Crippen molar-refractivity contribution in [2.75, 3.05) is 12.4 Å². The number of benzene rings is 1. The first-order chi connectivity index (χ1) is 13.9. The van der Waals surface area contributed by atoms with Crippen molar-refractivity contribution in [3.63, 3.8) is 0 Å². The summed E-state index contributed by atoms with van der Waals surface area (Å²) in [6.07, 6.45) is 0.235. The van der Waals surface area contributed by atoms with Crippen LogP contribution in [0.1, 0.15) is 33.4 Å². The summed E-state index contributed by atoms with van der Waals surface area (Å²) >= 11 is 0. The zero-order valence-electron chi connectivity index (χ0n) is 15.0. The summed E-state index contributed by atoms with van der Waals surface area (Å²) in [5.41, 5.74) is 2.19. The molecule has 0 saturated carbocycles. The van der Waals surface area contributed by atoms with Crippen molar-refractivity contribution in [3.8, 4) is 0 Å². The number of esters is 1. The summed E-state index contributed by atoms with van der Waals surface area (Å²) in [6, 6.07) is 9.19. The number of nitrogens with zero attached hydrogens (tertiary/aromatic N) is 4. The summed E-state index contributed by atoms with van der Waals surface area (Å²) in [6.45, 7) is 0. The zero-order valence-corrected chi connectivity index (χ0v) is 15.0. The number of halogens is 3. The van der Waals surface area contributed by atoms with E-state index in [0.717, 1.165) is 4.68 Å². The number of rotatable bonds is 3.